The van der Waals surface area contributed by atoms with Crippen molar-refractivity contribution in [1.29, 1.82) is 0 Å². The molecule has 0 aliphatic rings. The summed E-state index contributed by atoms with van der Waals surface area (Å²) in [5, 5.41) is -0.370. The Hall–Kier alpha value is -2.89. The van der Waals surface area contributed by atoms with Gasteiger partial charge in [-0.05, 0) is 30.3 Å². The van der Waals surface area contributed by atoms with Gasteiger partial charge in [-0.2, -0.15) is 0 Å². The van der Waals surface area contributed by atoms with Gasteiger partial charge in [-0.1, -0.05) is 35.9 Å². The number of sulfonamides is 2. The van der Waals surface area contributed by atoms with Crippen LogP contribution in [0.5, 0.6) is 5.75 Å². The number of halogens is 3. The largest absolute Gasteiger partial charge is 0.495 e. The molecule has 0 heterocycles. The fourth-order valence-corrected chi connectivity index (χ4v) is 5.51. The summed E-state index contributed by atoms with van der Waals surface area (Å²) < 4.78 is 88.2. The predicted octanol–water partition coefficient (Wildman–Crippen LogP) is 4.23. The fraction of sp³-hybridized carbons (Fsp3) is 0.0526. The van der Waals surface area contributed by atoms with Gasteiger partial charge in [0.25, 0.3) is 20.0 Å². The number of anilines is 2. The van der Waals surface area contributed by atoms with E-state index in [0.717, 1.165) is 31.4 Å². The van der Waals surface area contributed by atoms with E-state index in [1.807, 2.05) is 9.44 Å². The summed E-state index contributed by atoms with van der Waals surface area (Å²) in [4.78, 5) is -1.26. The first-order valence-corrected chi connectivity index (χ1v) is 11.8. The predicted molar refractivity (Wildman–Crippen MR) is 112 cm³/mol. The molecule has 3 rings (SSSR count). The summed E-state index contributed by atoms with van der Waals surface area (Å²) in [6.45, 7) is 0. The van der Waals surface area contributed by atoms with Crippen LogP contribution < -0.4 is 14.2 Å². The number of para-hydroxylation sites is 2. The van der Waals surface area contributed by atoms with Gasteiger partial charge in [0, 0.05) is 6.07 Å². The zero-order valence-corrected chi connectivity index (χ0v) is 18.2. The minimum atomic E-state index is -4.50. The Morgan fingerprint density at radius 3 is 1.68 bits per heavy atom. The van der Waals surface area contributed by atoms with Crippen molar-refractivity contribution in [2.24, 2.45) is 0 Å². The SMILES string of the molecule is COc1cc(Cl)c(S(=O)(=O)Nc2ccccc2F)cc1S(=O)(=O)Nc1ccccc1F. The third-order valence-corrected chi connectivity index (χ3v) is 7.25. The maximum atomic E-state index is 13.9. The second-order valence-corrected chi connectivity index (χ2v) is 9.81. The molecule has 164 valence electrons. The van der Waals surface area contributed by atoms with E-state index in [4.69, 9.17) is 16.3 Å². The highest BCUT2D eigenvalue weighted by molar-refractivity contribution is 7.93. The van der Waals surface area contributed by atoms with Gasteiger partial charge in [0.05, 0.1) is 23.5 Å². The minimum Gasteiger partial charge on any atom is -0.495 e. The standard InChI is InChI=1S/C19H15ClF2N2O5S2/c1-29-17-10-12(20)18(30(25,26)23-15-8-4-2-6-13(15)21)11-19(17)31(27,28)24-16-9-5-3-7-14(16)22/h2-11,23-24H,1H3. The minimum absolute atomic E-state index is 0.279. The zero-order valence-electron chi connectivity index (χ0n) is 15.8. The summed E-state index contributed by atoms with van der Waals surface area (Å²) >= 11 is 6.04. The summed E-state index contributed by atoms with van der Waals surface area (Å²) in [5.74, 6) is -1.96. The molecule has 0 unspecified atom stereocenters. The van der Waals surface area contributed by atoms with Crippen LogP contribution in [0.3, 0.4) is 0 Å². The van der Waals surface area contributed by atoms with Crippen molar-refractivity contribution in [3.63, 3.8) is 0 Å². The van der Waals surface area contributed by atoms with E-state index in [1.165, 1.54) is 36.4 Å². The van der Waals surface area contributed by atoms with Crippen LogP contribution in [0.4, 0.5) is 20.2 Å². The molecule has 0 bridgehead atoms. The number of ether oxygens (including phenoxy) is 1. The molecule has 0 amide bonds. The van der Waals surface area contributed by atoms with Gasteiger partial charge < -0.3 is 4.74 Å². The molecular formula is C19H15ClF2N2O5S2. The lowest BCUT2D eigenvalue weighted by Crippen LogP contribution is -2.18. The van der Waals surface area contributed by atoms with Crippen LogP contribution in [-0.2, 0) is 20.0 Å². The van der Waals surface area contributed by atoms with E-state index < -0.39 is 41.5 Å². The van der Waals surface area contributed by atoms with Crippen molar-refractivity contribution < 1.29 is 30.4 Å². The summed E-state index contributed by atoms with van der Waals surface area (Å²) in [7, 11) is -7.85. The first-order valence-electron chi connectivity index (χ1n) is 8.47. The number of benzene rings is 3. The molecular weight excluding hydrogens is 474 g/mol. The van der Waals surface area contributed by atoms with Crippen molar-refractivity contribution >= 4 is 43.0 Å². The lowest BCUT2D eigenvalue weighted by molar-refractivity contribution is 0.402. The van der Waals surface area contributed by atoms with Crippen LogP contribution in [-0.4, -0.2) is 23.9 Å². The average Bonchev–Trinajstić information content (AvgIpc) is 2.70. The normalized spacial score (nSPS) is 11.7. The zero-order chi connectivity index (χ0) is 22.8. The molecule has 0 radical (unpaired) electrons. The third-order valence-electron chi connectivity index (χ3n) is 4.03. The molecule has 12 heteroatoms. The van der Waals surface area contributed by atoms with Gasteiger partial charge in [0.1, 0.15) is 27.2 Å². The molecule has 0 fully saturated rings. The maximum Gasteiger partial charge on any atom is 0.265 e. The van der Waals surface area contributed by atoms with Crippen LogP contribution in [0.15, 0.2) is 70.5 Å². The van der Waals surface area contributed by atoms with Crippen LogP contribution >= 0.6 is 11.6 Å². The Balaban J connectivity index is 2.09. The molecule has 0 aliphatic heterocycles. The summed E-state index contributed by atoms with van der Waals surface area (Å²) in [5.41, 5.74) is -0.711. The van der Waals surface area contributed by atoms with Crippen LogP contribution in [0.25, 0.3) is 0 Å². The van der Waals surface area contributed by atoms with Gasteiger partial charge in [-0.25, -0.2) is 25.6 Å². The van der Waals surface area contributed by atoms with E-state index in [-0.39, 0.29) is 22.1 Å². The van der Waals surface area contributed by atoms with Crippen LogP contribution in [0.2, 0.25) is 5.02 Å². The van der Waals surface area contributed by atoms with Crippen molar-refractivity contribution in [3.8, 4) is 5.75 Å². The molecule has 31 heavy (non-hydrogen) atoms. The van der Waals surface area contributed by atoms with Crippen LogP contribution in [0, 0.1) is 11.6 Å². The van der Waals surface area contributed by atoms with Gasteiger partial charge in [-0.3, -0.25) is 9.44 Å². The second kappa shape index (κ2) is 8.69. The first kappa shape index (κ1) is 22.8. The molecule has 0 aromatic heterocycles. The third kappa shape index (κ3) is 4.89. The molecule has 2 N–H and O–H groups in total. The highest BCUT2D eigenvalue weighted by Crippen LogP contribution is 2.35. The molecule has 3 aromatic carbocycles. The average molecular weight is 489 g/mol. The van der Waals surface area contributed by atoms with Crippen molar-refractivity contribution in [3.05, 3.63) is 77.3 Å². The van der Waals surface area contributed by atoms with Crippen molar-refractivity contribution in [2.75, 3.05) is 16.6 Å². The van der Waals surface area contributed by atoms with E-state index >= 15 is 0 Å². The lowest BCUT2D eigenvalue weighted by Gasteiger charge is -2.16. The van der Waals surface area contributed by atoms with Gasteiger partial charge >= 0.3 is 0 Å². The number of nitrogens with one attached hydrogen (secondary N) is 2. The van der Waals surface area contributed by atoms with Gasteiger partial charge in [0.15, 0.2) is 0 Å². The Bertz CT molecular complexity index is 1350. The number of hydrogen-bond acceptors (Lipinski definition) is 5. The van der Waals surface area contributed by atoms with E-state index in [1.54, 1.807) is 0 Å². The molecule has 3 aromatic rings. The molecule has 0 spiro atoms. The second-order valence-electron chi connectivity index (χ2n) is 6.10. The highest BCUT2D eigenvalue weighted by Gasteiger charge is 2.28. The number of methoxy groups -OCH3 is 1. The molecule has 0 aliphatic carbocycles. The van der Waals surface area contributed by atoms with Crippen molar-refractivity contribution in [1.82, 2.24) is 0 Å². The van der Waals surface area contributed by atoms with Crippen molar-refractivity contribution in [2.45, 2.75) is 9.79 Å². The highest BCUT2D eigenvalue weighted by atomic mass is 35.5. The number of rotatable bonds is 7. The van der Waals surface area contributed by atoms with Crippen LogP contribution in [0.1, 0.15) is 0 Å². The summed E-state index contributed by atoms with van der Waals surface area (Å²) in [6.07, 6.45) is 0. The number of hydrogen-bond donors (Lipinski definition) is 2. The molecule has 0 atom stereocenters. The fourth-order valence-electron chi connectivity index (χ4n) is 2.58. The Kier molecular flexibility index (Phi) is 6.39. The molecule has 0 saturated heterocycles. The Morgan fingerprint density at radius 2 is 1.23 bits per heavy atom. The lowest BCUT2D eigenvalue weighted by atomic mass is 10.3. The maximum absolute atomic E-state index is 13.9. The van der Waals surface area contributed by atoms with E-state index in [2.05, 4.69) is 0 Å². The van der Waals surface area contributed by atoms with E-state index in [0.29, 0.717) is 0 Å². The quantitative estimate of drug-likeness (QED) is 0.518. The first-order chi connectivity index (χ1) is 14.5. The van der Waals surface area contributed by atoms with E-state index in [9.17, 15) is 25.6 Å². The monoisotopic (exact) mass is 488 g/mol. The van der Waals surface area contributed by atoms with Gasteiger partial charge in [0.2, 0.25) is 0 Å². The van der Waals surface area contributed by atoms with Gasteiger partial charge in [-0.15, -0.1) is 0 Å². The molecule has 0 saturated carbocycles. The topological polar surface area (TPSA) is 102 Å². The smallest absolute Gasteiger partial charge is 0.265 e. The summed E-state index contributed by atoms with van der Waals surface area (Å²) in [6, 6.07) is 11.7. The Morgan fingerprint density at radius 1 is 0.774 bits per heavy atom. The molecule has 7 nitrogen and oxygen atoms in total. The Labute approximate surface area is 182 Å².